The Bertz CT molecular complexity index is 273. The van der Waals surface area contributed by atoms with Crippen LogP contribution >= 0.6 is 11.8 Å². The Hall–Kier alpha value is -0.200. The molecule has 0 radical (unpaired) electrons. The minimum atomic E-state index is -3.09. The van der Waals surface area contributed by atoms with Gasteiger partial charge < -0.3 is 4.74 Å². The van der Waals surface area contributed by atoms with Crippen molar-refractivity contribution in [2.45, 2.75) is 6.42 Å². The number of sulfonamides is 1. The predicted octanol–water partition coefficient (Wildman–Crippen LogP) is 0.830. The lowest BCUT2D eigenvalue weighted by atomic mass is 10.5. The number of hydrogen-bond acceptors (Lipinski definition) is 4. The van der Waals surface area contributed by atoms with Gasteiger partial charge in [0.1, 0.15) is 0 Å². The van der Waals surface area contributed by atoms with Crippen LogP contribution in [0.4, 0.5) is 0 Å². The molecule has 13 heavy (non-hydrogen) atoms. The van der Waals surface area contributed by atoms with Crippen molar-refractivity contribution in [2.75, 3.05) is 25.3 Å². The van der Waals surface area contributed by atoms with Gasteiger partial charge in [0.15, 0.2) is 0 Å². The van der Waals surface area contributed by atoms with E-state index in [1.165, 1.54) is 16.1 Å². The van der Waals surface area contributed by atoms with E-state index in [9.17, 15) is 8.42 Å². The van der Waals surface area contributed by atoms with E-state index in [1.54, 1.807) is 18.7 Å². The van der Waals surface area contributed by atoms with Crippen LogP contribution in [0.5, 0.6) is 0 Å². The Morgan fingerprint density at radius 2 is 2.38 bits per heavy atom. The molecule has 0 fully saturated rings. The van der Waals surface area contributed by atoms with Crippen LogP contribution in [0.15, 0.2) is 11.6 Å². The average molecular weight is 223 g/mol. The molecule has 1 rings (SSSR count). The Morgan fingerprint density at radius 3 is 2.92 bits per heavy atom. The Balaban J connectivity index is 2.41. The highest BCUT2D eigenvalue weighted by Crippen LogP contribution is 2.19. The summed E-state index contributed by atoms with van der Waals surface area (Å²) < 4.78 is 29.2. The van der Waals surface area contributed by atoms with Crippen molar-refractivity contribution in [2.24, 2.45) is 0 Å². The quantitative estimate of drug-likeness (QED) is 0.648. The van der Waals surface area contributed by atoms with Gasteiger partial charge in [0.25, 0.3) is 0 Å². The Morgan fingerprint density at radius 1 is 1.62 bits per heavy atom. The maximum atomic E-state index is 11.5. The number of ether oxygens (including phenoxy) is 1. The van der Waals surface area contributed by atoms with Gasteiger partial charge in [0.05, 0.1) is 11.6 Å². The Kier molecular flexibility index (Phi) is 4.08. The molecule has 0 saturated heterocycles. The minimum absolute atomic E-state index is 0.158. The van der Waals surface area contributed by atoms with Crippen LogP contribution < -0.4 is 0 Å². The molecule has 0 amide bonds. The first-order chi connectivity index (χ1) is 6.17. The van der Waals surface area contributed by atoms with E-state index >= 15 is 0 Å². The van der Waals surface area contributed by atoms with Gasteiger partial charge in [-0.3, -0.25) is 4.31 Å². The second-order valence-corrected chi connectivity index (χ2v) is 5.54. The summed E-state index contributed by atoms with van der Waals surface area (Å²) in [4.78, 5) is 0. The van der Waals surface area contributed by atoms with Crippen LogP contribution in [-0.2, 0) is 14.8 Å². The highest BCUT2D eigenvalue weighted by molar-refractivity contribution is 8.03. The molecule has 1 heterocycles. The third kappa shape index (κ3) is 3.21. The van der Waals surface area contributed by atoms with Crippen LogP contribution in [0.2, 0.25) is 0 Å². The second-order valence-electron chi connectivity index (χ2n) is 2.63. The summed E-state index contributed by atoms with van der Waals surface area (Å²) in [6, 6.07) is 0. The molecule has 4 nitrogen and oxygen atoms in total. The van der Waals surface area contributed by atoms with Gasteiger partial charge in [-0.15, -0.1) is 11.8 Å². The van der Waals surface area contributed by atoms with Gasteiger partial charge in [-0.1, -0.05) is 0 Å². The zero-order valence-electron chi connectivity index (χ0n) is 7.47. The summed E-state index contributed by atoms with van der Waals surface area (Å²) in [7, 11) is -1.52. The normalized spacial score (nSPS) is 16.8. The molecule has 1 aliphatic heterocycles. The highest BCUT2D eigenvalue weighted by Gasteiger charge is 2.20. The third-order valence-electron chi connectivity index (χ3n) is 1.63. The molecular formula is C7H13NO3S2. The molecule has 0 N–H and O–H groups in total. The van der Waals surface area contributed by atoms with Crippen molar-refractivity contribution < 1.29 is 13.2 Å². The van der Waals surface area contributed by atoms with E-state index in [2.05, 4.69) is 0 Å². The van der Waals surface area contributed by atoms with Crippen LogP contribution in [0.1, 0.15) is 6.42 Å². The molecule has 0 unspecified atom stereocenters. The molecule has 0 atom stereocenters. The number of thioether (sulfide) groups is 1. The number of methoxy groups -OCH3 is 1. The van der Waals surface area contributed by atoms with Gasteiger partial charge in [-0.25, -0.2) is 8.42 Å². The third-order valence-corrected chi connectivity index (χ3v) is 4.31. The van der Waals surface area contributed by atoms with Crippen molar-refractivity contribution in [1.29, 1.82) is 0 Å². The molecule has 0 aromatic carbocycles. The number of hydrogen-bond donors (Lipinski definition) is 0. The lowest BCUT2D eigenvalue weighted by Gasteiger charge is -2.14. The summed E-state index contributed by atoms with van der Waals surface area (Å²) >= 11 is 1.48. The van der Waals surface area contributed by atoms with Crippen molar-refractivity contribution in [1.82, 2.24) is 4.31 Å². The van der Waals surface area contributed by atoms with E-state index in [4.69, 9.17) is 4.74 Å². The standard InChI is InChI=1S/C7H13NO3S2/c1-11-4-2-6-13(9,10)8-3-5-12-7-8/h3,5H,2,4,6-7H2,1H3. The average Bonchev–Trinajstić information content (AvgIpc) is 2.56. The molecule has 0 aromatic rings. The molecule has 1 aliphatic rings. The van der Waals surface area contributed by atoms with Crippen molar-refractivity contribution in [3.05, 3.63) is 11.6 Å². The molecule has 76 valence electrons. The van der Waals surface area contributed by atoms with E-state index in [0.29, 0.717) is 18.9 Å². The molecule has 0 aromatic heterocycles. The summed E-state index contributed by atoms with van der Waals surface area (Å²) in [5.41, 5.74) is 0. The lowest BCUT2D eigenvalue weighted by Crippen LogP contribution is -2.26. The topological polar surface area (TPSA) is 46.6 Å². The fraction of sp³-hybridized carbons (Fsp3) is 0.714. The maximum Gasteiger partial charge on any atom is 0.235 e. The van der Waals surface area contributed by atoms with E-state index < -0.39 is 10.0 Å². The van der Waals surface area contributed by atoms with E-state index in [1.807, 2.05) is 0 Å². The van der Waals surface area contributed by atoms with Crippen LogP contribution in [-0.4, -0.2) is 38.1 Å². The van der Waals surface area contributed by atoms with Crippen LogP contribution in [0.25, 0.3) is 0 Å². The van der Waals surface area contributed by atoms with Crippen LogP contribution in [0, 0.1) is 0 Å². The summed E-state index contributed by atoms with van der Waals surface area (Å²) in [6.45, 7) is 0.490. The highest BCUT2D eigenvalue weighted by atomic mass is 32.2. The molecule has 0 saturated carbocycles. The number of nitrogens with zero attached hydrogens (tertiary/aromatic N) is 1. The summed E-state index contributed by atoms with van der Waals surface area (Å²) in [5.74, 6) is 0.668. The largest absolute Gasteiger partial charge is 0.385 e. The van der Waals surface area contributed by atoms with Gasteiger partial charge in [-0.2, -0.15) is 0 Å². The maximum absolute atomic E-state index is 11.5. The predicted molar refractivity (Wildman–Crippen MR) is 53.7 cm³/mol. The lowest BCUT2D eigenvalue weighted by molar-refractivity contribution is 0.199. The first kappa shape index (κ1) is 10.9. The zero-order valence-corrected chi connectivity index (χ0v) is 9.10. The molecule has 0 bridgehead atoms. The summed E-state index contributed by atoms with van der Waals surface area (Å²) in [5, 5.41) is 1.79. The first-order valence-corrected chi connectivity index (χ1v) is 6.59. The van der Waals surface area contributed by atoms with Gasteiger partial charge >= 0.3 is 0 Å². The van der Waals surface area contributed by atoms with Crippen molar-refractivity contribution in [3.63, 3.8) is 0 Å². The van der Waals surface area contributed by atoms with Crippen molar-refractivity contribution >= 4 is 21.8 Å². The second kappa shape index (κ2) is 4.88. The monoisotopic (exact) mass is 223 g/mol. The number of rotatable bonds is 5. The smallest absolute Gasteiger partial charge is 0.235 e. The molecular weight excluding hydrogens is 210 g/mol. The fourth-order valence-electron chi connectivity index (χ4n) is 0.946. The van der Waals surface area contributed by atoms with Gasteiger partial charge in [-0.05, 0) is 11.8 Å². The Labute approximate surface area is 83.0 Å². The fourth-order valence-corrected chi connectivity index (χ4v) is 3.36. The van der Waals surface area contributed by atoms with Gasteiger partial charge in [0.2, 0.25) is 10.0 Å². The SMILES string of the molecule is COCCCS(=O)(=O)N1C=CSC1. The molecule has 0 aliphatic carbocycles. The summed E-state index contributed by atoms with van der Waals surface area (Å²) in [6.07, 6.45) is 2.15. The first-order valence-electron chi connectivity index (χ1n) is 3.93. The van der Waals surface area contributed by atoms with E-state index in [-0.39, 0.29) is 5.75 Å². The molecule has 6 heteroatoms. The van der Waals surface area contributed by atoms with Gasteiger partial charge in [0, 0.05) is 19.9 Å². The minimum Gasteiger partial charge on any atom is -0.385 e. The van der Waals surface area contributed by atoms with Crippen LogP contribution in [0.3, 0.4) is 0 Å². The van der Waals surface area contributed by atoms with E-state index in [0.717, 1.165) is 0 Å². The molecule has 0 spiro atoms. The zero-order chi connectivity index (χ0) is 9.73. The van der Waals surface area contributed by atoms with Crippen molar-refractivity contribution in [3.8, 4) is 0 Å².